The van der Waals surface area contributed by atoms with Gasteiger partial charge in [-0.1, -0.05) is 36.8 Å². The molecule has 1 unspecified atom stereocenters. The van der Waals surface area contributed by atoms with Crippen LogP contribution in [0.1, 0.15) is 55.3 Å². The van der Waals surface area contributed by atoms with Gasteiger partial charge < -0.3 is 14.7 Å². The highest BCUT2D eigenvalue weighted by atomic mass is 32.1. The summed E-state index contributed by atoms with van der Waals surface area (Å²) in [4.78, 5) is 41.7. The number of aliphatic carboxylic acids is 1. The summed E-state index contributed by atoms with van der Waals surface area (Å²) in [6.07, 6.45) is 7.02. The van der Waals surface area contributed by atoms with Crippen molar-refractivity contribution in [2.75, 3.05) is 13.1 Å². The third-order valence-corrected chi connectivity index (χ3v) is 8.92. The number of hydrogen-bond acceptors (Lipinski definition) is 5. The number of amides is 1. The molecule has 1 amide bonds. The van der Waals surface area contributed by atoms with Crippen molar-refractivity contribution in [1.29, 1.82) is 0 Å². The number of carbonyl (C=O) groups is 2. The molecule has 38 heavy (non-hydrogen) atoms. The molecule has 1 N–H and O–H groups in total. The first-order valence-electron chi connectivity index (χ1n) is 13.4. The molecule has 2 aromatic carbocycles. The van der Waals surface area contributed by atoms with E-state index in [4.69, 9.17) is 4.74 Å². The molecule has 0 radical (unpaired) electrons. The Morgan fingerprint density at radius 1 is 0.947 bits per heavy atom. The number of likely N-dealkylation sites (tertiary alicyclic amines) is 1. The van der Waals surface area contributed by atoms with Gasteiger partial charge in [0.2, 0.25) is 0 Å². The SMILES string of the molecule is O=C(O)C1CCCN(C(=O)c2cc(-c3ccccc3)c(=O)n3c2sc2ccc(OC4CCCCC4)cc23)C1. The van der Waals surface area contributed by atoms with Crippen LogP contribution in [-0.4, -0.2) is 45.5 Å². The minimum atomic E-state index is -0.880. The normalized spacial score (nSPS) is 18.6. The monoisotopic (exact) mass is 530 g/mol. The number of thiazole rings is 1. The lowest BCUT2D eigenvalue weighted by molar-refractivity contribution is -0.143. The molecule has 0 bridgehead atoms. The van der Waals surface area contributed by atoms with E-state index in [-0.39, 0.29) is 24.1 Å². The number of piperidine rings is 1. The second-order valence-corrected chi connectivity index (χ2v) is 11.4. The summed E-state index contributed by atoms with van der Waals surface area (Å²) >= 11 is 1.40. The Bertz CT molecular complexity index is 1570. The molecular formula is C30H30N2O5S. The van der Waals surface area contributed by atoms with Crippen molar-refractivity contribution in [3.05, 3.63) is 70.5 Å². The first-order chi connectivity index (χ1) is 18.5. The minimum Gasteiger partial charge on any atom is -0.490 e. The quantitative estimate of drug-likeness (QED) is 0.351. The second kappa shape index (κ2) is 10.3. The van der Waals surface area contributed by atoms with Crippen molar-refractivity contribution in [3.63, 3.8) is 0 Å². The van der Waals surface area contributed by atoms with Crippen LogP contribution in [0.25, 0.3) is 26.2 Å². The number of nitrogens with zero attached hydrogens (tertiary/aromatic N) is 2. The predicted octanol–water partition coefficient (Wildman–Crippen LogP) is 5.83. The number of carbonyl (C=O) groups excluding carboxylic acids is 1. The van der Waals surface area contributed by atoms with Gasteiger partial charge in [-0.05, 0) is 62.3 Å². The van der Waals surface area contributed by atoms with Crippen LogP contribution in [0.15, 0.2) is 59.4 Å². The van der Waals surface area contributed by atoms with Gasteiger partial charge in [0.25, 0.3) is 11.5 Å². The molecule has 2 aromatic heterocycles. The fourth-order valence-corrected chi connectivity index (χ4v) is 6.87. The molecule has 7 nitrogen and oxygen atoms in total. The molecule has 1 atom stereocenters. The van der Waals surface area contributed by atoms with E-state index in [9.17, 15) is 19.5 Å². The highest BCUT2D eigenvalue weighted by Gasteiger charge is 2.31. The van der Waals surface area contributed by atoms with Crippen molar-refractivity contribution >= 4 is 38.3 Å². The third kappa shape index (κ3) is 4.58. The van der Waals surface area contributed by atoms with Crippen LogP contribution in [0.5, 0.6) is 5.75 Å². The van der Waals surface area contributed by atoms with Crippen molar-refractivity contribution in [3.8, 4) is 16.9 Å². The zero-order valence-corrected chi connectivity index (χ0v) is 21.9. The lowest BCUT2D eigenvalue weighted by Gasteiger charge is -2.31. The molecule has 1 aliphatic heterocycles. The van der Waals surface area contributed by atoms with Gasteiger partial charge in [-0.3, -0.25) is 18.8 Å². The molecular weight excluding hydrogens is 500 g/mol. The number of ether oxygens (including phenoxy) is 1. The standard InChI is InChI=1S/C30H30N2O5S/c33-27(31-15-7-10-20(18-31)30(35)36)24-17-23(19-8-3-1-4-9-19)28(34)32-25-16-22(13-14-26(25)38-29(24)32)37-21-11-5-2-6-12-21/h1,3-4,8-9,13-14,16-17,20-21H,2,5-7,10-12,15,18H2,(H,35,36). The van der Waals surface area contributed by atoms with Crippen LogP contribution in [0.3, 0.4) is 0 Å². The van der Waals surface area contributed by atoms with Crippen LogP contribution in [0, 0.1) is 5.92 Å². The highest BCUT2D eigenvalue weighted by molar-refractivity contribution is 7.24. The lowest BCUT2D eigenvalue weighted by atomic mass is 9.97. The van der Waals surface area contributed by atoms with Gasteiger partial charge in [-0.15, -0.1) is 11.3 Å². The Hall–Kier alpha value is -3.65. The number of hydrogen-bond donors (Lipinski definition) is 1. The van der Waals surface area contributed by atoms with Gasteiger partial charge in [0, 0.05) is 24.7 Å². The van der Waals surface area contributed by atoms with E-state index in [1.54, 1.807) is 15.4 Å². The van der Waals surface area contributed by atoms with E-state index in [1.165, 1.54) is 30.6 Å². The molecule has 8 heteroatoms. The van der Waals surface area contributed by atoms with Crippen molar-refractivity contribution in [1.82, 2.24) is 9.30 Å². The van der Waals surface area contributed by atoms with Gasteiger partial charge in [0.15, 0.2) is 0 Å². The lowest BCUT2D eigenvalue weighted by Crippen LogP contribution is -2.42. The number of rotatable bonds is 5. The molecule has 1 saturated heterocycles. The van der Waals surface area contributed by atoms with E-state index in [0.717, 1.165) is 34.4 Å². The van der Waals surface area contributed by atoms with Crippen molar-refractivity contribution in [2.24, 2.45) is 5.92 Å². The number of pyridine rings is 1. The first kappa shape index (κ1) is 24.7. The molecule has 1 aliphatic carbocycles. The first-order valence-corrected chi connectivity index (χ1v) is 14.2. The van der Waals surface area contributed by atoms with Crippen LogP contribution in [0.4, 0.5) is 0 Å². The number of fused-ring (bicyclic) bond motifs is 3. The average Bonchev–Trinajstić information content (AvgIpc) is 3.33. The summed E-state index contributed by atoms with van der Waals surface area (Å²) < 4.78 is 8.83. The highest BCUT2D eigenvalue weighted by Crippen LogP contribution is 2.34. The van der Waals surface area contributed by atoms with Crippen molar-refractivity contribution < 1.29 is 19.4 Å². The van der Waals surface area contributed by atoms with Gasteiger partial charge in [-0.25, -0.2) is 0 Å². The summed E-state index contributed by atoms with van der Waals surface area (Å²) in [5.41, 5.74) is 2.13. The number of carboxylic acids is 1. The summed E-state index contributed by atoms with van der Waals surface area (Å²) in [5.74, 6) is -0.968. The molecule has 1 saturated carbocycles. The van der Waals surface area contributed by atoms with Crippen molar-refractivity contribution in [2.45, 2.75) is 51.0 Å². The smallest absolute Gasteiger partial charge is 0.308 e. The van der Waals surface area contributed by atoms with E-state index in [0.29, 0.717) is 35.3 Å². The maximum atomic E-state index is 13.9. The second-order valence-electron chi connectivity index (χ2n) is 10.3. The summed E-state index contributed by atoms with van der Waals surface area (Å²) in [5, 5.41) is 9.55. The van der Waals surface area contributed by atoms with Gasteiger partial charge in [0.1, 0.15) is 10.6 Å². The Morgan fingerprint density at radius 2 is 1.74 bits per heavy atom. The average molecular weight is 531 g/mol. The zero-order chi connectivity index (χ0) is 26.2. The molecule has 3 heterocycles. The molecule has 6 rings (SSSR count). The maximum Gasteiger partial charge on any atom is 0.308 e. The Labute approximate surface area is 224 Å². The molecule has 2 aliphatic rings. The van der Waals surface area contributed by atoms with Gasteiger partial charge in [0.05, 0.1) is 27.8 Å². The third-order valence-electron chi connectivity index (χ3n) is 7.76. The largest absolute Gasteiger partial charge is 0.490 e. The Kier molecular flexibility index (Phi) is 6.66. The van der Waals surface area contributed by atoms with E-state index in [2.05, 4.69) is 0 Å². The van der Waals surface area contributed by atoms with E-state index in [1.807, 2.05) is 48.5 Å². The van der Waals surface area contributed by atoms with E-state index >= 15 is 0 Å². The number of aromatic nitrogens is 1. The Morgan fingerprint density at radius 3 is 2.50 bits per heavy atom. The van der Waals surface area contributed by atoms with E-state index < -0.39 is 11.9 Å². The summed E-state index contributed by atoms with van der Waals surface area (Å²) in [6, 6.07) is 16.9. The van der Waals surface area contributed by atoms with Crippen LogP contribution >= 0.6 is 11.3 Å². The number of benzene rings is 2. The van der Waals surface area contributed by atoms with Gasteiger partial charge in [-0.2, -0.15) is 0 Å². The van der Waals surface area contributed by atoms with Crippen LogP contribution in [-0.2, 0) is 4.79 Å². The molecule has 0 spiro atoms. The van der Waals surface area contributed by atoms with Gasteiger partial charge >= 0.3 is 5.97 Å². The zero-order valence-electron chi connectivity index (χ0n) is 21.1. The number of carboxylic acid groups (broad SMARTS) is 1. The summed E-state index contributed by atoms with van der Waals surface area (Å²) in [7, 11) is 0. The Balaban J connectivity index is 1.50. The van der Waals surface area contributed by atoms with Crippen LogP contribution in [0.2, 0.25) is 0 Å². The predicted molar refractivity (Wildman–Crippen MR) is 148 cm³/mol. The summed E-state index contributed by atoms with van der Waals surface area (Å²) in [6.45, 7) is 0.670. The fraction of sp³-hybridized carbons (Fsp3) is 0.367. The maximum absolute atomic E-state index is 13.9. The fourth-order valence-electron chi connectivity index (χ4n) is 5.74. The molecule has 4 aromatic rings. The molecule has 196 valence electrons. The topological polar surface area (TPSA) is 88.3 Å². The molecule has 2 fully saturated rings. The van der Waals surface area contributed by atoms with Crippen LogP contribution < -0.4 is 10.3 Å². The minimum absolute atomic E-state index is 0.171.